The molecule has 0 unspecified atom stereocenters. The summed E-state index contributed by atoms with van der Waals surface area (Å²) in [6.07, 6.45) is 0. The molecule has 0 bridgehead atoms. The van der Waals surface area contributed by atoms with Gasteiger partial charge in [0.25, 0.3) is 11.8 Å². The molecule has 3 aromatic rings. The second kappa shape index (κ2) is 7.90. The lowest BCUT2D eigenvalue weighted by Gasteiger charge is -2.18. The van der Waals surface area contributed by atoms with E-state index in [1.54, 1.807) is 12.1 Å². The van der Waals surface area contributed by atoms with Crippen LogP contribution in [0.3, 0.4) is 0 Å². The van der Waals surface area contributed by atoms with Crippen LogP contribution in [0.1, 0.15) is 16.7 Å². The molecule has 4 rings (SSSR count). The molecule has 144 valence electrons. The molecular weight excluding hydrogens is 402 g/mol. The van der Waals surface area contributed by atoms with Crippen molar-refractivity contribution in [1.29, 1.82) is 0 Å². The Balaban J connectivity index is 1.85. The van der Waals surface area contributed by atoms with E-state index < -0.39 is 0 Å². The first kappa shape index (κ1) is 19.5. The summed E-state index contributed by atoms with van der Waals surface area (Å²) in [5.41, 5.74) is 3.56. The standard InChI is InChI=1S/C24H18ClNO2S/c1-15-8-11-17(12-9-15)21-22(29-19-6-4-3-5-7-19)24(28)26(23(21)27)20-14-18(25)13-10-16(20)2/h3-14H,1-2H3. The number of imide groups is 1. The monoisotopic (exact) mass is 419 g/mol. The van der Waals surface area contributed by atoms with Gasteiger partial charge in [0.2, 0.25) is 0 Å². The maximum atomic E-state index is 13.5. The smallest absolute Gasteiger partial charge is 0.268 e. The first-order chi connectivity index (χ1) is 14.0. The van der Waals surface area contributed by atoms with Crippen LogP contribution >= 0.6 is 23.4 Å². The Kier molecular flexibility index (Phi) is 5.31. The summed E-state index contributed by atoms with van der Waals surface area (Å²) in [7, 11) is 0. The maximum Gasteiger partial charge on any atom is 0.272 e. The zero-order valence-electron chi connectivity index (χ0n) is 16.0. The van der Waals surface area contributed by atoms with E-state index in [0.29, 0.717) is 21.2 Å². The van der Waals surface area contributed by atoms with Crippen LogP contribution in [0.4, 0.5) is 5.69 Å². The summed E-state index contributed by atoms with van der Waals surface area (Å²) >= 11 is 7.47. The van der Waals surface area contributed by atoms with Crippen LogP contribution in [0.5, 0.6) is 0 Å². The van der Waals surface area contributed by atoms with Gasteiger partial charge in [-0.2, -0.15) is 0 Å². The average molecular weight is 420 g/mol. The van der Waals surface area contributed by atoms with Crippen LogP contribution in [0, 0.1) is 13.8 Å². The highest BCUT2D eigenvalue weighted by molar-refractivity contribution is 8.04. The van der Waals surface area contributed by atoms with Gasteiger partial charge < -0.3 is 0 Å². The summed E-state index contributed by atoms with van der Waals surface area (Å²) < 4.78 is 0. The number of benzene rings is 3. The molecule has 5 heteroatoms. The summed E-state index contributed by atoms with van der Waals surface area (Å²) in [6.45, 7) is 3.85. The van der Waals surface area contributed by atoms with E-state index in [2.05, 4.69) is 0 Å². The molecule has 1 aliphatic heterocycles. The fourth-order valence-corrected chi connectivity index (χ4v) is 4.41. The normalized spacial score (nSPS) is 14.1. The molecular formula is C24H18ClNO2S. The SMILES string of the molecule is Cc1ccc(C2=C(Sc3ccccc3)C(=O)N(c3cc(Cl)ccc3C)C2=O)cc1. The molecule has 0 spiro atoms. The number of hydrogen-bond acceptors (Lipinski definition) is 3. The third-order valence-corrected chi connectivity index (χ3v) is 6.08. The van der Waals surface area contributed by atoms with Crippen LogP contribution in [-0.4, -0.2) is 11.8 Å². The number of rotatable bonds is 4. The zero-order valence-corrected chi connectivity index (χ0v) is 17.6. The quantitative estimate of drug-likeness (QED) is 0.484. The zero-order chi connectivity index (χ0) is 20.5. The van der Waals surface area contributed by atoms with E-state index in [1.165, 1.54) is 16.7 Å². The van der Waals surface area contributed by atoms with Crippen molar-refractivity contribution in [2.24, 2.45) is 0 Å². The van der Waals surface area contributed by atoms with Crippen LogP contribution in [-0.2, 0) is 9.59 Å². The Bertz CT molecular complexity index is 1140. The van der Waals surface area contributed by atoms with Crippen molar-refractivity contribution in [2.45, 2.75) is 18.7 Å². The molecule has 1 aliphatic rings. The minimum atomic E-state index is -0.331. The summed E-state index contributed by atoms with van der Waals surface area (Å²) in [5, 5.41) is 0.479. The third-order valence-electron chi connectivity index (χ3n) is 4.76. The lowest BCUT2D eigenvalue weighted by atomic mass is 10.0. The second-order valence-corrected chi connectivity index (χ2v) is 8.38. The number of carbonyl (C=O) groups excluding carboxylic acids is 2. The predicted octanol–water partition coefficient (Wildman–Crippen LogP) is 6.03. The Labute approximate surface area is 179 Å². The van der Waals surface area contributed by atoms with Gasteiger partial charge in [-0.3, -0.25) is 9.59 Å². The maximum absolute atomic E-state index is 13.5. The van der Waals surface area contributed by atoms with Gasteiger partial charge in [-0.05, 0) is 49.2 Å². The molecule has 0 saturated heterocycles. The molecule has 3 nitrogen and oxygen atoms in total. The lowest BCUT2D eigenvalue weighted by Crippen LogP contribution is -2.31. The number of aryl methyl sites for hydroxylation is 2. The fraction of sp³-hybridized carbons (Fsp3) is 0.0833. The van der Waals surface area contributed by atoms with Crippen molar-refractivity contribution in [3.05, 3.63) is 99.4 Å². The number of anilines is 1. The summed E-state index contributed by atoms with van der Waals surface area (Å²) in [5.74, 6) is -0.660. The van der Waals surface area contributed by atoms with E-state index in [-0.39, 0.29) is 11.8 Å². The number of nitrogens with zero attached hydrogens (tertiary/aromatic N) is 1. The minimum absolute atomic E-state index is 0.329. The van der Waals surface area contributed by atoms with E-state index >= 15 is 0 Å². The van der Waals surface area contributed by atoms with Crippen molar-refractivity contribution in [2.75, 3.05) is 4.90 Å². The number of thioether (sulfide) groups is 1. The van der Waals surface area contributed by atoms with Gasteiger partial charge >= 0.3 is 0 Å². The van der Waals surface area contributed by atoms with Crippen molar-refractivity contribution in [3.8, 4) is 0 Å². The largest absolute Gasteiger partial charge is 0.272 e. The molecule has 0 fully saturated rings. The minimum Gasteiger partial charge on any atom is -0.268 e. The highest BCUT2D eigenvalue weighted by atomic mass is 35.5. The molecule has 0 radical (unpaired) electrons. The van der Waals surface area contributed by atoms with Gasteiger partial charge in [-0.25, -0.2) is 4.90 Å². The van der Waals surface area contributed by atoms with E-state index in [1.807, 2.05) is 74.5 Å². The first-order valence-electron chi connectivity index (χ1n) is 9.15. The summed E-state index contributed by atoms with van der Waals surface area (Å²) in [4.78, 5) is 29.4. The van der Waals surface area contributed by atoms with Crippen LogP contribution in [0.15, 0.2) is 82.6 Å². The Hall–Kier alpha value is -2.82. The average Bonchev–Trinajstić information content (AvgIpc) is 2.95. The fourth-order valence-electron chi connectivity index (χ4n) is 3.23. The van der Waals surface area contributed by atoms with E-state index in [0.717, 1.165) is 21.6 Å². The Morgan fingerprint density at radius 3 is 2.21 bits per heavy atom. The molecule has 0 aliphatic carbocycles. The Morgan fingerprint density at radius 1 is 0.828 bits per heavy atom. The van der Waals surface area contributed by atoms with Crippen LogP contribution in [0.25, 0.3) is 5.57 Å². The first-order valence-corrected chi connectivity index (χ1v) is 10.3. The number of hydrogen-bond donors (Lipinski definition) is 0. The number of carbonyl (C=O) groups is 2. The third kappa shape index (κ3) is 3.74. The van der Waals surface area contributed by atoms with Crippen LogP contribution < -0.4 is 4.90 Å². The lowest BCUT2D eigenvalue weighted by molar-refractivity contribution is -0.119. The van der Waals surface area contributed by atoms with Crippen molar-refractivity contribution < 1.29 is 9.59 Å². The molecule has 0 aromatic heterocycles. The van der Waals surface area contributed by atoms with Crippen LogP contribution in [0.2, 0.25) is 5.02 Å². The van der Waals surface area contributed by atoms with Gasteiger partial charge in [-0.1, -0.05) is 77.5 Å². The van der Waals surface area contributed by atoms with E-state index in [4.69, 9.17) is 11.6 Å². The molecule has 29 heavy (non-hydrogen) atoms. The van der Waals surface area contributed by atoms with Gasteiger partial charge in [0, 0.05) is 9.92 Å². The predicted molar refractivity (Wildman–Crippen MR) is 119 cm³/mol. The number of halogens is 1. The summed E-state index contributed by atoms with van der Waals surface area (Å²) in [6, 6.07) is 22.5. The van der Waals surface area contributed by atoms with Gasteiger partial charge in [-0.15, -0.1) is 0 Å². The molecule has 0 atom stereocenters. The number of amides is 2. The highest BCUT2D eigenvalue weighted by Crippen LogP contribution is 2.42. The van der Waals surface area contributed by atoms with Crippen molar-refractivity contribution in [1.82, 2.24) is 0 Å². The second-order valence-electron chi connectivity index (χ2n) is 6.86. The Morgan fingerprint density at radius 2 is 1.52 bits per heavy atom. The van der Waals surface area contributed by atoms with Gasteiger partial charge in [0.05, 0.1) is 16.2 Å². The molecule has 3 aromatic carbocycles. The molecule has 0 saturated carbocycles. The van der Waals surface area contributed by atoms with Crippen molar-refractivity contribution >= 4 is 46.4 Å². The van der Waals surface area contributed by atoms with E-state index in [9.17, 15) is 9.59 Å². The van der Waals surface area contributed by atoms with Crippen molar-refractivity contribution in [3.63, 3.8) is 0 Å². The highest BCUT2D eigenvalue weighted by Gasteiger charge is 2.41. The van der Waals surface area contributed by atoms with Gasteiger partial charge in [0.1, 0.15) is 0 Å². The molecule has 0 N–H and O–H groups in total. The van der Waals surface area contributed by atoms with Gasteiger partial charge in [0.15, 0.2) is 0 Å². The molecule has 1 heterocycles. The molecule has 2 amide bonds. The topological polar surface area (TPSA) is 37.4 Å².